The van der Waals surface area contributed by atoms with Crippen molar-refractivity contribution < 1.29 is 23.1 Å². The molecule has 64 valence electrons. The van der Waals surface area contributed by atoms with Crippen LogP contribution in [0.5, 0.6) is 0 Å². The molecule has 0 heterocycles. The number of rotatable bonds is 2. The lowest BCUT2D eigenvalue weighted by atomic mass is 10.0. The van der Waals surface area contributed by atoms with E-state index in [1.54, 1.807) is 0 Å². The van der Waals surface area contributed by atoms with Gasteiger partial charge in [0.05, 0.1) is 11.8 Å². The molecule has 0 aromatic heterocycles. The van der Waals surface area contributed by atoms with Crippen LogP contribution in [0.4, 0.5) is 13.2 Å². The lowest BCUT2D eigenvalue weighted by molar-refractivity contribution is -0.167. The molecule has 1 aliphatic carbocycles. The third-order valence-electron chi connectivity index (χ3n) is 1.85. The number of alkyl halides is 3. The minimum atomic E-state index is -4.35. The van der Waals surface area contributed by atoms with Gasteiger partial charge in [0.1, 0.15) is 0 Å². The summed E-state index contributed by atoms with van der Waals surface area (Å²) in [5.41, 5.74) is -1.47. The van der Waals surface area contributed by atoms with Gasteiger partial charge in [-0.2, -0.15) is 13.2 Å². The summed E-state index contributed by atoms with van der Waals surface area (Å²) in [4.78, 5) is 10.3. The van der Waals surface area contributed by atoms with Gasteiger partial charge in [-0.1, -0.05) is 0 Å². The summed E-state index contributed by atoms with van der Waals surface area (Å²) in [5, 5.41) is 8.37. The standard InChI is InChI=1S/C6H7F3O2/c7-6(8,9)3-5(1-2-5)4(10)11/h1-3H2,(H,10,11). The maximum Gasteiger partial charge on any atom is 0.390 e. The highest BCUT2D eigenvalue weighted by Crippen LogP contribution is 2.52. The number of hydrogen-bond acceptors (Lipinski definition) is 1. The molecular formula is C6H7F3O2. The Labute approximate surface area is 61.0 Å². The largest absolute Gasteiger partial charge is 0.481 e. The van der Waals surface area contributed by atoms with Crippen LogP contribution in [0.2, 0.25) is 0 Å². The quantitative estimate of drug-likeness (QED) is 0.682. The molecule has 0 saturated heterocycles. The summed E-state index contributed by atoms with van der Waals surface area (Å²) in [6, 6.07) is 0. The van der Waals surface area contributed by atoms with E-state index in [1.165, 1.54) is 0 Å². The van der Waals surface area contributed by atoms with Crippen molar-refractivity contribution in [2.24, 2.45) is 5.41 Å². The van der Waals surface area contributed by atoms with Crippen molar-refractivity contribution in [3.63, 3.8) is 0 Å². The van der Waals surface area contributed by atoms with Crippen molar-refractivity contribution in [1.82, 2.24) is 0 Å². The Morgan fingerprint density at radius 1 is 1.45 bits per heavy atom. The number of halogens is 3. The van der Waals surface area contributed by atoms with Gasteiger partial charge in [0, 0.05) is 0 Å². The zero-order chi connectivity index (χ0) is 8.70. The Morgan fingerprint density at radius 2 is 1.91 bits per heavy atom. The van der Waals surface area contributed by atoms with E-state index in [-0.39, 0.29) is 12.8 Å². The smallest absolute Gasteiger partial charge is 0.390 e. The van der Waals surface area contributed by atoms with Crippen LogP contribution < -0.4 is 0 Å². The van der Waals surface area contributed by atoms with Crippen molar-refractivity contribution in [2.45, 2.75) is 25.4 Å². The van der Waals surface area contributed by atoms with E-state index in [4.69, 9.17) is 5.11 Å². The molecule has 1 N–H and O–H groups in total. The molecule has 0 aromatic rings. The van der Waals surface area contributed by atoms with Crippen LogP contribution in [0, 0.1) is 5.41 Å². The summed E-state index contributed by atoms with van der Waals surface area (Å²) in [6.45, 7) is 0. The fraction of sp³-hybridized carbons (Fsp3) is 0.833. The number of carboxylic acids is 1. The Hall–Kier alpha value is -0.740. The molecule has 0 aliphatic heterocycles. The molecule has 1 saturated carbocycles. The summed E-state index contributed by atoms with van der Waals surface area (Å²) in [7, 11) is 0. The summed E-state index contributed by atoms with van der Waals surface area (Å²) >= 11 is 0. The molecule has 0 bridgehead atoms. The molecule has 2 nitrogen and oxygen atoms in total. The van der Waals surface area contributed by atoms with Gasteiger partial charge in [-0.25, -0.2) is 0 Å². The molecule has 0 spiro atoms. The number of aliphatic carboxylic acids is 1. The van der Waals surface area contributed by atoms with Crippen LogP contribution in [0.15, 0.2) is 0 Å². The van der Waals surface area contributed by atoms with Crippen molar-refractivity contribution in [1.29, 1.82) is 0 Å². The van der Waals surface area contributed by atoms with E-state index in [2.05, 4.69) is 0 Å². The molecule has 0 aromatic carbocycles. The fourth-order valence-electron chi connectivity index (χ4n) is 1.00. The highest BCUT2D eigenvalue weighted by molar-refractivity contribution is 5.77. The first kappa shape index (κ1) is 8.36. The average Bonchev–Trinajstić information content (AvgIpc) is 2.43. The molecular weight excluding hydrogens is 161 g/mol. The first-order valence-electron chi connectivity index (χ1n) is 3.16. The van der Waals surface area contributed by atoms with E-state index < -0.39 is 24.0 Å². The zero-order valence-electron chi connectivity index (χ0n) is 5.61. The third kappa shape index (κ3) is 1.85. The zero-order valence-corrected chi connectivity index (χ0v) is 5.61. The number of carboxylic acid groups (broad SMARTS) is 1. The molecule has 0 atom stereocenters. The Balaban J connectivity index is 2.55. The fourth-order valence-corrected chi connectivity index (χ4v) is 1.00. The first-order chi connectivity index (χ1) is 4.86. The van der Waals surface area contributed by atoms with Gasteiger partial charge in [0.25, 0.3) is 0 Å². The lowest BCUT2D eigenvalue weighted by Gasteiger charge is -2.11. The predicted octanol–water partition coefficient (Wildman–Crippen LogP) is 1.80. The van der Waals surface area contributed by atoms with Crippen molar-refractivity contribution in [3.05, 3.63) is 0 Å². The molecule has 0 unspecified atom stereocenters. The van der Waals surface area contributed by atoms with E-state index in [0.717, 1.165) is 0 Å². The van der Waals surface area contributed by atoms with E-state index in [9.17, 15) is 18.0 Å². The van der Waals surface area contributed by atoms with E-state index >= 15 is 0 Å². The van der Waals surface area contributed by atoms with Crippen molar-refractivity contribution >= 4 is 5.97 Å². The third-order valence-corrected chi connectivity index (χ3v) is 1.85. The Kier molecular flexibility index (Phi) is 1.61. The van der Waals surface area contributed by atoms with Crippen LogP contribution in [0.3, 0.4) is 0 Å². The van der Waals surface area contributed by atoms with Gasteiger partial charge in [0.2, 0.25) is 0 Å². The van der Waals surface area contributed by atoms with Gasteiger partial charge in [-0.05, 0) is 12.8 Å². The lowest BCUT2D eigenvalue weighted by Crippen LogP contribution is -2.23. The molecule has 1 fully saturated rings. The minimum absolute atomic E-state index is 0.155. The topological polar surface area (TPSA) is 37.3 Å². The van der Waals surface area contributed by atoms with E-state index in [1.807, 2.05) is 0 Å². The maximum absolute atomic E-state index is 11.7. The normalized spacial score (nSPS) is 21.4. The first-order valence-corrected chi connectivity index (χ1v) is 3.16. The summed E-state index contributed by atoms with van der Waals surface area (Å²) in [6.07, 6.45) is -5.23. The highest BCUT2D eigenvalue weighted by atomic mass is 19.4. The van der Waals surface area contributed by atoms with Gasteiger partial charge < -0.3 is 5.11 Å². The van der Waals surface area contributed by atoms with Crippen molar-refractivity contribution in [3.8, 4) is 0 Å². The van der Waals surface area contributed by atoms with Gasteiger partial charge in [-0.3, -0.25) is 4.79 Å². The molecule has 0 radical (unpaired) electrons. The molecule has 0 amide bonds. The molecule has 11 heavy (non-hydrogen) atoms. The second-order valence-corrected chi connectivity index (χ2v) is 2.88. The Bertz CT molecular complexity index is 181. The molecule has 5 heteroatoms. The molecule has 1 rings (SSSR count). The van der Waals surface area contributed by atoms with Crippen LogP contribution >= 0.6 is 0 Å². The Morgan fingerprint density at radius 3 is 2.00 bits per heavy atom. The predicted molar refractivity (Wildman–Crippen MR) is 30.0 cm³/mol. The number of carbonyl (C=O) groups is 1. The maximum atomic E-state index is 11.7. The van der Waals surface area contributed by atoms with Crippen LogP contribution in [-0.2, 0) is 4.79 Å². The summed E-state index contributed by atoms with van der Waals surface area (Å²) < 4.78 is 35.1. The van der Waals surface area contributed by atoms with Crippen LogP contribution in [0.1, 0.15) is 19.3 Å². The van der Waals surface area contributed by atoms with Crippen LogP contribution in [0.25, 0.3) is 0 Å². The summed E-state index contributed by atoms with van der Waals surface area (Å²) in [5.74, 6) is -1.32. The highest BCUT2D eigenvalue weighted by Gasteiger charge is 2.56. The SMILES string of the molecule is O=C(O)C1(CC(F)(F)F)CC1. The van der Waals surface area contributed by atoms with Gasteiger partial charge in [-0.15, -0.1) is 0 Å². The van der Waals surface area contributed by atoms with Crippen molar-refractivity contribution in [2.75, 3.05) is 0 Å². The number of hydrogen-bond donors (Lipinski definition) is 1. The second-order valence-electron chi connectivity index (χ2n) is 2.88. The minimum Gasteiger partial charge on any atom is -0.481 e. The van der Waals surface area contributed by atoms with Gasteiger partial charge in [0.15, 0.2) is 0 Å². The average molecular weight is 168 g/mol. The van der Waals surface area contributed by atoms with Crippen LogP contribution in [-0.4, -0.2) is 17.3 Å². The second kappa shape index (κ2) is 2.12. The van der Waals surface area contributed by atoms with Gasteiger partial charge >= 0.3 is 12.1 Å². The molecule has 1 aliphatic rings. The monoisotopic (exact) mass is 168 g/mol. The van der Waals surface area contributed by atoms with E-state index in [0.29, 0.717) is 0 Å².